The first-order chi connectivity index (χ1) is 14.1. The summed E-state index contributed by atoms with van der Waals surface area (Å²) in [6.45, 7) is 0. The Kier molecular flexibility index (Phi) is 5.29. The molecule has 0 unspecified atom stereocenters. The minimum Gasteiger partial charge on any atom is -0.351 e. The monoisotopic (exact) mass is 389 g/mol. The van der Waals surface area contributed by atoms with Gasteiger partial charge < -0.3 is 16.4 Å². The third kappa shape index (κ3) is 4.13. The number of nitrogens with two attached hydrogens (primary N) is 1. The van der Waals surface area contributed by atoms with Crippen molar-refractivity contribution in [2.24, 2.45) is 5.73 Å². The van der Waals surface area contributed by atoms with E-state index in [-0.39, 0.29) is 5.91 Å². The number of aromatic nitrogens is 2. The van der Waals surface area contributed by atoms with Gasteiger partial charge in [0, 0.05) is 22.6 Å². The van der Waals surface area contributed by atoms with Crippen LogP contribution in [0.1, 0.15) is 41.0 Å². The normalized spacial score (nSPS) is 13.2. The lowest BCUT2D eigenvalue weighted by Crippen LogP contribution is -2.19. The number of urea groups is 1. The average Bonchev–Trinajstić information content (AvgIpc) is 2.90. The van der Waals surface area contributed by atoms with Gasteiger partial charge in [-0.2, -0.15) is 5.10 Å². The Hall–Kier alpha value is -3.61. The number of hydrogen-bond acceptors (Lipinski definition) is 3. The van der Waals surface area contributed by atoms with E-state index < -0.39 is 6.03 Å². The van der Waals surface area contributed by atoms with E-state index in [2.05, 4.69) is 15.7 Å². The SMILES string of the molecule is NC(=O)Nc1cccc(NC(=O)c2nn(-c3ccccc3)c3c2CCCCC3)c1. The van der Waals surface area contributed by atoms with E-state index >= 15 is 0 Å². The number of hydrogen-bond donors (Lipinski definition) is 3. The zero-order chi connectivity index (χ0) is 20.2. The molecule has 7 heteroatoms. The Bertz CT molecular complexity index is 1040. The lowest BCUT2D eigenvalue weighted by atomic mass is 10.1. The number of carbonyl (C=O) groups is 2. The van der Waals surface area contributed by atoms with E-state index in [0.717, 1.165) is 49.0 Å². The second-order valence-electron chi connectivity index (χ2n) is 7.11. The van der Waals surface area contributed by atoms with Crippen molar-refractivity contribution in [3.8, 4) is 5.69 Å². The summed E-state index contributed by atoms with van der Waals surface area (Å²) >= 11 is 0. The number of nitrogens with one attached hydrogen (secondary N) is 2. The molecule has 1 aliphatic rings. The number of rotatable bonds is 4. The van der Waals surface area contributed by atoms with Crippen LogP contribution >= 0.6 is 0 Å². The molecule has 1 aliphatic carbocycles. The van der Waals surface area contributed by atoms with Crippen molar-refractivity contribution < 1.29 is 9.59 Å². The van der Waals surface area contributed by atoms with Crippen molar-refractivity contribution in [2.75, 3.05) is 10.6 Å². The summed E-state index contributed by atoms with van der Waals surface area (Å²) in [5, 5.41) is 10.1. The fourth-order valence-electron chi connectivity index (χ4n) is 3.75. The van der Waals surface area contributed by atoms with E-state index in [9.17, 15) is 9.59 Å². The molecule has 7 nitrogen and oxygen atoms in total. The maximum absolute atomic E-state index is 13.1. The fourth-order valence-corrected chi connectivity index (χ4v) is 3.75. The van der Waals surface area contributed by atoms with Gasteiger partial charge in [0.2, 0.25) is 0 Å². The standard InChI is InChI=1S/C22H23N5O2/c23-22(29)25-16-9-7-8-15(14-16)24-21(28)20-18-12-5-2-6-13-19(18)27(26-20)17-10-3-1-4-11-17/h1,3-4,7-11,14H,2,5-6,12-13H2,(H,24,28)(H3,23,25,29). The molecule has 0 atom stereocenters. The number of anilines is 2. The van der Waals surface area contributed by atoms with E-state index in [1.165, 1.54) is 0 Å². The van der Waals surface area contributed by atoms with Crippen molar-refractivity contribution in [1.82, 2.24) is 9.78 Å². The van der Waals surface area contributed by atoms with Gasteiger partial charge in [-0.05, 0) is 56.0 Å². The highest BCUT2D eigenvalue weighted by Gasteiger charge is 2.24. The smallest absolute Gasteiger partial charge is 0.316 e. The maximum Gasteiger partial charge on any atom is 0.316 e. The lowest BCUT2D eigenvalue weighted by Gasteiger charge is -2.07. The summed E-state index contributed by atoms with van der Waals surface area (Å²) in [4.78, 5) is 24.1. The van der Waals surface area contributed by atoms with Crippen molar-refractivity contribution in [3.63, 3.8) is 0 Å². The summed E-state index contributed by atoms with van der Waals surface area (Å²) < 4.78 is 1.90. The van der Waals surface area contributed by atoms with Gasteiger partial charge in [-0.25, -0.2) is 9.48 Å². The van der Waals surface area contributed by atoms with Gasteiger partial charge in [0.05, 0.1) is 5.69 Å². The minimum absolute atomic E-state index is 0.256. The molecule has 1 aromatic heterocycles. The topological polar surface area (TPSA) is 102 Å². The molecule has 0 spiro atoms. The summed E-state index contributed by atoms with van der Waals surface area (Å²) in [6.07, 6.45) is 5.03. The second-order valence-corrected chi connectivity index (χ2v) is 7.11. The minimum atomic E-state index is -0.652. The van der Waals surface area contributed by atoms with Crippen LogP contribution in [0.25, 0.3) is 5.69 Å². The molecule has 3 amide bonds. The van der Waals surface area contributed by atoms with Gasteiger partial charge in [-0.15, -0.1) is 0 Å². The van der Waals surface area contributed by atoms with Crippen LogP contribution in [0, 0.1) is 0 Å². The fraction of sp³-hybridized carbons (Fsp3) is 0.227. The molecule has 4 rings (SSSR count). The number of primary amides is 1. The molecule has 2 aromatic carbocycles. The first-order valence-corrected chi connectivity index (χ1v) is 9.76. The van der Waals surface area contributed by atoms with Crippen LogP contribution in [0.15, 0.2) is 54.6 Å². The van der Waals surface area contributed by atoms with Crippen molar-refractivity contribution in [3.05, 3.63) is 71.5 Å². The summed E-state index contributed by atoms with van der Waals surface area (Å²) in [5.74, 6) is -0.256. The molecule has 148 valence electrons. The Morgan fingerprint density at radius 3 is 2.38 bits per heavy atom. The molecular formula is C22H23N5O2. The number of benzene rings is 2. The zero-order valence-corrected chi connectivity index (χ0v) is 16.0. The first kappa shape index (κ1) is 18.7. The van der Waals surface area contributed by atoms with Crippen LogP contribution in [0.3, 0.4) is 0 Å². The first-order valence-electron chi connectivity index (χ1n) is 9.76. The summed E-state index contributed by atoms with van der Waals surface area (Å²) in [7, 11) is 0. The highest BCUT2D eigenvalue weighted by atomic mass is 16.2. The van der Waals surface area contributed by atoms with Gasteiger partial charge >= 0.3 is 6.03 Å². The quantitative estimate of drug-likeness (QED) is 0.590. The van der Waals surface area contributed by atoms with Crippen LogP contribution < -0.4 is 16.4 Å². The molecule has 0 saturated carbocycles. The summed E-state index contributed by atoms with van der Waals surface area (Å²) in [5.41, 5.74) is 9.80. The number of nitrogens with zero attached hydrogens (tertiary/aromatic N) is 2. The van der Waals surface area contributed by atoms with Crippen LogP contribution in [0.5, 0.6) is 0 Å². The third-order valence-corrected chi connectivity index (χ3v) is 5.03. The van der Waals surface area contributed by atoms with E-state index in [1.807, 2.05) is 35.0 Å². The molecule has 0 radical (unpaired) electrons. The molecule has 4 N–H and O–H groups in total. The van der Waals surface area contributed by atoms with Gasteiger partial charge in [-0.3, -0.25) is 4.79 Å². The molecule has 1 heterocycles. The van der Waals surface area contributed by atoms with E-state index in [1.54, 1.807) is 24.3 Å². The Labute approximate surface area is 168 Å². The predicted octanol–water partition coefficient (Wildman–Crippen LogP) is 3.88. The van der Waals surface area contributed by atoms with E-state index in [0.29, 0.717) is 17.1 Å². The lowest BCUT2D eigenvalue weighted by molar-refractivity contribution is 0.102. The maximum atomic E-state index is 13.1. The Morgan fingerprint density at radius 2 is 1.62 bits per heavy atom. The molecule has 3 aromatic rings. The number of para-hydroxylation sites is 1. The molecule has 0 saturated heterocycles. The highest BCUT2D eigenvalue weighted by molar-refractivity contribution is 6.04. The van der Waals surface area contributed by atoms with Gasteiger partial charge in [0.1, 0.15) is 0 Å². The summed E-state index contributed by atoms with van der Waals surface area (Å²) in [6, 6.07) is 16.1. The van der Waals surface area contributed by atoms with Gasteiger partial charge in [0.25, 0.3) is 5.91 Å². The Morgan fingerprint density at radius 1 is 0.897 bits per heavy atom. The van der Waals surface area contributed by atoms with E-state index in [4.69, 9.17) is 5.73 Å². The number of amides is 3. The average molecular weight is 389 g/mol. The highest BCUT2D eigenvalue weighted by Crippen LogP contribution is 2.27. The third-order valence-electron chi connectivity index (χ3n) is 5.03. The van der Waals surface area contributed by atoms with Crippen LogP contribution in [-0.4, -0.2) is 21.7 Å². The molecule has 0 fully saturated rings. The molecular weight excluding hydrogens is 366 g/mol. The van der Waals surface area contributed by atoms with Crippen LogP contribution in [-0.2, 0) is 12.8 Å². The van der Waals surface area contributed by atoms with Crippen LogP contribution in [0.4, 0.5) is 16.2 Å². The predicted molar refractivity (Wildman–Crippen MR) is 112 cm³/mol. The van der Waals surface area contributed by atoms with Gasteiger partial charge in [0.15, 0.2) is 5.69 Å². The van der Waals surface area contributed by atoms with Crippen molar-refractivity contribution >= 4 is 23.3 Å². The largest absolute Gasteiger partial charge is 0.351 e. The zero-order valence-electron chi connectivity index (χ0n) is 16.0. The molecule has 0 aliphatic heterocycles. The molecule has 29 heavy (non-hydrogen) atoms. The van der Waals surface area contributed by atoms with Gasteiger partial charge in [-0.1, -0.05) is 30.7 Å². The Balaban J connectivity index is 1.67. The van der Waals surface area contributed by atoms with Crippen molar-refractivity contribution in [2.45, 2.75) is 32.1 Å². The second kappa shape index (κ2) is 8.18. The number of carbonyl (C=O) groups excluding carboxylic acids is 2. The van der Waals surface area contributed by atoms with Crippen molar-refractivity contribution in [1.29, 1.82) is 0 Å². The van der Waals surface area contributed by atoms with Crippen LogP contribution in [0.2, 0.25) is 0 Å². The number of fused-ring (bicyclic) bond motifs is 1. The molecule has 0 bridgehead atoms.